The summed E-state index contributed by atoms with van der Waals surface area (Å²) in [4.78, 5) is 13.1. The first-order chi connectivity index (χ1) is 14.8. The van der Waals surface area contributed by atoms with Gasteiger partial charge in [-0.05, 0) is 50.1 Å². The lowest BCUT2D eigenvalue weighted by atomic mass is 10.1. The molecule has 5 nitrogen and oxygen atoms in total. The zero-order valence-electron chi connectivity index (χ0n) is 17.4. The summed E-state index contributed by atoms with van der Waals surface area (Å²) in [5.41, 5.74) is 5.75. The quantitative estimate of drug-likeness (QED) is 0.520. The molecule has 1 aliphatic heterocycles. The number of carbonyl (C=O) groups excluding carboxylic acids is 1. The molecule has 0 radical (unpaired) electrons. The molecule has 0 saturated carbocycles. The van der Waals surface area contributed by atoms with E-state index in [0.29, 0.717) is 27.0 Å². The number of hydrogen-bond acceptors (Lipinski definition) is 3. The van der Waals surface area contributed by atoms with E-state index in [-0.39, 0.29) is 22.7 Å². The highest BCUT2D eigenvalue weighted by Gasteiger charge is 2.24. The fourth-order valence-corrected chi connectivity index (χ4v) is 4.22. The van der Waals surface area contributed by atoms with Crippen LogP contribution in [0.25, 0.3) is 16.9 Å². The molecule has 0 atom stereocenters. The minimum Gasteiger partial charge on any atom is -0.283 e. The lowest BCUT2D eigenvalue weighted by molar-refractivity contribution is 0.0743. The van der Waals surface area contributed by atoms with E-state index in [9.17, 15) is 4.79 Å². The summed E-state index contributed by atoms with van der Waals surface area (Å²) in [7, 11) is 0. The molecule has 1 fully saturated rings. The molecule has 156 valence electrons. The second-order valence-corrected chi connectivity index (χ2v) is 8.52. The molecule has 8 heteroatoms. The van der Waals surface area contributed by atoms with Crippen LogP contribution in [0.5, 0.6) is 0 Å². The van der Waals surface area contributed by atoms with E-state index in [2.05, 4.69) is 10.5 Å². The second kappa shape index (κ2) is 8.98. The molecule has 0 spiro atoms. The van der Waals surface area contributed by atoms with Gasteiger partial charge >= 0.3 is 0 Å². The molecular formula is C22H21Cl3N4O. The lowest BCUT2D eigenvalue weighted by Gasteiger charge is -2.26. The average Bonchev–Trinajstić information content (AvgIpc) is 3.05. The van der Waals surface area contributed by atoms with Crippen molar-refractivity contribution in [3.63, 3.8) is 0 Å². The summed E-state index contributed by atoms with van der Waals surface area (Å²) in [5, 5.41) is 7.76. The fraction of sp³-hybridized carbons (Fsp3) is 0.273. The van der Waals surface area contributed by atoms with Crippen molar-refractivity contribution in [3.8, 4) is 16.9 Å². The Morgan fingerprint density at radius 1 is 1.07 bits per heavy atom. The van der Waals surface area contributed by atoms with Gasteiger partial charge in [0.05, 0.1) is 17.8 Å². The van der Waals surface area contributed by atoms with Crippen molar-refractivity contribution in [2.24, 2.45) is 0 Å². The van der Waals surface area contributed by atoms with Crippen LogP contribution in [-0.4, -0.2) is 33.8 Å². The van der Waals surface area contributed by atoms with E-state index in [4.69, 9.17) is 36.2 Å². The third-order valence-electron chi connectivity index (χ3n) is 5.12. The molecule has 1 aromatic heterocycles. The number of hydrogen-bond donors (Lipinski definition) is 1. The minimum atomic E-state index is -0.287. The highest BCUT2D eigenvalue weighted by atomic mass is 35.5. The number of aromatic nitrogens is 2. The highest BCUT2D eigenvalue weighted by Crippen LogP contribution is 2.33. The topological polar surface area (TPSA) is 50.2 Å². The number of benzene rings is 2. The van der Waals surface area contributed by atoms with Crippen molar-refractivity contribution in [3.05, 3.63) is 68.8 Å². The normalized spacial score (nSPS) is 15.1. The summed E-state index contributed by atoms with van der Waals surface area (Å²) in [6.45, 7) is 3.47. The molecule has 3 aromatic rings. The molecule has 1 aliphatic rings. The van der Waals surface area contributed by atoms with Gasteiger partial charge in [-0.3, -0.25) is 10.2 Å². The summed E-state index contributed by atoms with van der Waals surface area (Å²) >= 11 is 18.6. The third-order valence-corrected chi connectivity index (χ3v) is 5.88. The summed E-state index contributed by atoms with van der Waals surface area (Å²) in [6.07, 6.45) is 3.26. The predicted octanol–water partition coefficient (Wildman–Crippen LogP) is 5.94. The van der Waals surface area contributed by atoms with Gasteiger partial charge in [0.25, 0.3) is 5.91 Å². The zero-order valence-corrected chi connectivity index (χ0v) is 18.7. The first-order valence-corrected chi connectivity index (χ1v) is 10.9. The van der Waals surface area contributed by atoms with E-state index in [1.54, 1.807) is 22.9 Å². The summed E-state index contributed by atoms with van der Waals surface area (Å²) in [5.74, 6) is -0.287. The van der Waals surface area contributed by atoms with Gasteiger partial charge in [0.15, 0.2) is 5.69 Å². The maximum Gasteiger partial charge on any atom is 0.286 e. The Balaban J connectivity index is 1.84. The number of nitrogens with zero attached hydrogens (tertiary/aromatic N) is 3. The van der Waals surface area contributed by atoms with Crippen LogP contribution >= 0.6 is 34.8 Å². The summed E-state index contributed by atoms with van der Waals surface area (Å²) in [6, 6.07) is 10.4. The number of halogens is 3. The molecule has 0 aliphatic carbocycles. The van der Waals surface area contributed by atoms with Crippen molar-refractivity contribution in [2.75, 3.05) is 13.1 Å². The maximum absolute atomic E-state index is 13.1. The molecule has 30 heavy (non-hydrogen) atoms. The smallest absolute Gasteiger partial charge is 0.283 e. The van der Waals surface area contributed by atoms with Crippen LogP contribution in [0.1, 0.15) is 36.7 Å². The van der Waals surface area contributed by atoms with Crippen LogP contribution in [0.4, 0.5) is 0 Å². The Labute approximate surface area is 191 Å². The number of nitrogens with one attached hydrogen (secondary N) is 1. The fourth-order valence-electron chi connectivity index (χ4n) is 3.62. The third kappa shape index (κ3) is 4.35. The van der Waals surface area contributed by atoms with Gasteiger partial charge in [0, 0.05) is 34.3 Å². The van der Waals surface area contributed by atoms with Crippen LogP contribution in [0.2, 0.25) is 15.1 Å². The number of amides is 1. The van der Waals surface area contributed by atoms with Crippen molar-refractivity contribution in [1.82, 2.24) is 20.2 Å². The number of piperidine rings is 1. The Hall–Kier alpha value is -2.05. The Morgan fingerprint density at radius 2 is 1.77 bits per heavy atom. The minimum absolute atomic E-state index is 0.109. The van der Waals surface area contributed by atoms with Gasteiger partial charge in [-0.1, -0.05) is 53.4 Å². The second-order valence-electron chi connectivity index (χ2n) is 7.24. The Bertz CT molecular complexity index is 1100. The van der Waals surface area contributed by atoms with Crippen LogP contribution in [0, 0.1) is 6.92 Å². The van der Waals surface area contributed by atoms with Crippen LogP contribution in [-0.2, 0) is 0 Å². The van der Waals surface area contributed by atoms with E-state index in [0.717, 1.165) is 31.5 Å². The number of carbonyl (C=O) groups is 1. The van der Waals surface area contributed by atoms with Gasteiger partial charge in [-0.15, -0.1) is 0 Å². The molecular weight excluding hydrogens is 443 g/mol. The first-order valence-electron chi connectivity index (χ1n) is 10.2. The molecule has 1 amide bonds. The Morgan fingerprint density at radius 3 is 2.43 bits per heavy atom. The monoisotopic (exact) mass is 463 g/mol. The molecule has 0 unspecified atom stereocenters. The van der Waals surface area contributed by atoms with Crippen molar-refractivity contribution < 1.29 is 6.17 Å². The van der Waals surface area contributed by atoms with E-state index >= 15 is 0 Å². The van der Waals surface area contributed by atoms with Crippen molar-refractivity contribution >= 4 is 40.7 Å². The van der Waals surface area contributed by atoms with Crippen molar-refractivity contribution in [2.45, 2.75) is 26.2 Å². The Kier molecular flexibility index (Phi) is 5.95. The standard InChI is InChI=1S/C22H21Cl3N4O/c1-14-20(22(30)27-28-11-3-2-4-12-28)26-29(19-10-9-17(24)13-18(19)25)21(14)15-5-7-16(23)8-6-15/h5-10,13H,2-4,11-12H2,1H3,(H,27,30)/i10D. The molecule has 2 aromatic carbocycles. The maximum atomic E-state index is 13.1. The number of hydrazine groups is 1. The van der Waals surface area contributed by atoms with Gasteiger partial charge in [0.2, 0.25) is 0 Å². The molecule has 1 N–H and O–H groups in total. The molecule has 0 bridgehead atoms. The first kappa shape index (κ1) is 19.9. The van der Waals surface area contributed by atoms with Crippen LogP contribution in [0.3, 0.4) is 0 Å². The van der Waals surface area contributed by atoms with Gasteiger partial charge in [-0.2, -0.15) is 5.10 Å². The zero-order chi connectivity index (χ0) is 22.1. The highest BCUT2D eigenvalue weighted by molar-refractivity contribution is 6.35. The van der Waals surface area contributed by atoms with E-state index in [1.165, 1.54) is 12.5 Å². The number of rotatable bonds is 4. The van der Waals surface area contributed by atoms with Gasteiger partial charge in [0.1, 0.15) is 0 Å². The summed E-state index contributed by atoms with van der Waals surface area (Å²) < 4.78 is 9.96. The van der Waals surface area contributed by atoms with E-state index < -0.39 is 0 Å². The molecule has 1 saturated heterocycles. The molecule has 2 heterocycles. The van der Waals surface area contributed by atoms with Gasteiger partial charge < -0.3 is 0 Å². The predicted molar refractivity (Wildman–Crippen MR) is 122 cm³/mol. The van der Waals surface area contributed by atoms with Crippen LogP contribution in [0.15, 0.2) is 42.4 Å². The molecule has 4 rings (SSSR count). The van der Waals surface area contributed by atoms with Gasteiger partial charge in [-0.25, -0.2) is 9.69 Å². The average molecular weight is 465 g/mol. The SMILES string of the molecule is [2H]c1cc(Cl)cc(Cl)c1-n1nc(C(=O)NN2CCCCC2)c(C)c1-c1ccc(Cl)cc1. The lowest BCUT2D eigenvalue weighted by Crippen LogP contribution is -2.45. The van der Waals surface area contributed by atoms with Crippen molar-refractivity contribution in [1.29, 1.82) is 0 Å². The van der Waals surface area contributed by atoms with Crippen LogP contribution < -0.4 is 5.43 Å². The van der Waals surface area contributed by atoms with E-state index in [1.807, 2.05) is 24.1 Å². The largest absolute Gasteiger partial charge is 0.286 e.